The molecule has 8 nitrogen and oxygen atoms in total. The van der Waals surface area contributed by atoms with Crippen LogP contribution >= 0.6 is 0 Å². The van der Waals surface area contributed by atoms with E-state index in [2.05, 4.69) is 0 Å². The molecule has 0 spiro atoms. The lowest BCUT2D eigenvalue weighted by Crippen LogP contribution is -2.15. The maximum Gasteiger partial charge on any atom is 0.303 e. The summed E-state index contributed by atoms with van der Waals surface area (Å²) in [7, 11) is 0. The lowest BCUT2D eigenvalue weighted by Gasteiger charge is -2.19. The average Bonchev–Trinajstić information content (AvgIpc) is 3.09. The van der Waals surface area contributed by atoms with E-state index in [1.54, 1.807) is 12.1 Å². The van der Waals surface area contributed by atoms with Crippen molar-refractivity contribution in [2.75, 3.05) is 26.4 Å². The van der Waals surface area contributed by atoms with E-state index < -0.39 is 11.9 Å². The fourth-order valence-corrected chi connectivity index (χ4v) is 5.79. The lowest BCUT2D eigenvalue weighted by atomic mass is 9.96. The Kier molecular flexibility index (Phi) is 12.3. The Hall–Kier alpha value is -5.05. The smallest absolute Gasteiger partial charge is 0.303 e. The number of ether oxygens (including phenoxy) is 4. The Bertz CT molecular complexity index is 1700. The number of aryl methyl sites for hydroxylation is 1. The molecule has 0 aliphatic carbocycles. The minimum atomic E-state index is -0.875. The van der Waals surface area contributed by atoms with E-state index in [-0.39, 0.29) is 25.3 Å². The van der Waals surface area contributed by atoms with Gasteiger partial charge in [-0.1, -0.05) is 49.2 Å². The summed E-state index contributed by atoms with van der Waals surface area (Å²) in [6, 6.07) is 24.0. The van der Waals surface area contributed by atoms with Gasteiger partial charge in [0.2, 0.25) is 0 Å². The van der Waals surface area contributed by atoms with Crippen LogP contribution < -0.4 is 18.9 Å². The van der Waals surface area contributed by atoms with Gasteiger partial charge in [0.1, 0.15) is 30.5 Å². The van der Waals surface area contributed by atoms with Crippen molar-refractivity contribution in [2.24, 2.45) is 0 Å². The molecule has 0 atom stereocenters. The third-order valence-electron chi connectivity index (χ3n) is 8.19. The van der Waals surface area contributed by atoms with E-state index in [0.29, 0.717) is 61.2 Å². The molecule has 2 N–H and O–H groups in total. The molecule has 0 unspecified atom stereocenters. The molecule has 48 heavy (non-hydrogen) atoms. The number of carboxylic acids is 2. The average molecular weight is 657 g/mol. The van der Waals surface area contributed by atoms with E-state index in [4.69, 9.17) is 24.1 Å². The molecule has 0 bridgehead atoms. The predicted octanol–water partition coefficient (Wildman–Crippen LogP) is 8.37. The monoisotopic (exact) mass is 656 g/mol. The summed E-state index contributed by atoms with van der Waals surface area (Å²) in [4.78, 5) is 22.1. The van der Waals surface area contributed by atoms with Crippen molar-refractivity contribution in [3.05, 3.63) is 95.8 Å². The number of carbonyl (C=O) groups is 2. The number of carboxylic acid groups (broad SMARTS) is 2. The van der Waals surface area contributed by atoms with Crippen molar-refractivity contribution in [3.8, 4) is 45.3 Å². The van der Waals surface area contributed by atoms with E-state index in [0.717, 1.165) is 59.9 Å². The van der Waals surface area contributed by atoms with Crippen LogP contribution in [0.2, 0.25) is 0 Å². The molecule has 4 aromatic rings. The largest absolute Gasteiger partial charge is 0.494 e. The molecular formula is C39H41FO8. The van der Waals surface area contributed by atoms with Crippen LogP contribution in [0.5, 0.6) is 23.0 Å². The van der Waals surface area contributed by atoms with Crippen molar-refractivity contribution >= 4 is 11.9 Å². The molecule has 9 heteroatoms. The van der Waals surface area contributed by atoms with E-state index in [1.807, 2.05) is 60.7 Å². The summed E-state index contributed by atoms with van der Waals surface area (Å²) >= 11 is 0. The summed E-state index contributed by atoms with van der Waals surface area (Å²) < 4.78 is 38.3. The number of benzene rings is 4. The second-order valence-corrected chi connectivity index (χ2v) is 11.7. The topological polar surface area (TPSA) is 112 Å². The van der Waals surface area contributed by atoms with Gasteiger partial charge in [-0.25, -0.2) is 4.39 Å². The molecular weight excluding hydrogens is 615 g/mol. The maximum atomic E-state index is 14.8. The van der Waals surface area contributed by atoms with Gasteiger partial charge in [-0.2, -0.15) is 0 Å². The van der Waals surface area contributed by atoms with Crippen molar-refractivity contribution < 1.29 is 43.1 Å². The van der Waals surface area contributed by atoms with Gasteiger partial charge < -0.3 is 29.2 Å². The minimum Gasteiger partial charge on any atom is -0.494 e. The van der Waals surface area contributed by atoms with Crippen LogP contribution in [0.1, 0.15) is 56.1 Å². The first-order chi connectivity index (χ1) is 23.4. The molecule has 1 heterocycles. The normalized spacial score (nSPS) is 12.0. The minimum absolute atomic E-state index is 0.00562. The van der Waals surface area contributed by atoms with Gasteiger partial charge in [0.05, 0.1) is 13.2 Å². The zero-order valence-electron chi connectivity index (χ0n) is 26.9. The van der Waals surface area contributed by atoms with E-state index >= 15 is 0 Å². The SMILES string of the molecule is O=C(O)CCCOc1cccc(CCCCCCOc2cc(-c3ccc4c(c3)OCCO4)cc(-c3ccccc3F)c2)c1CCC(=O)O. The molecule has 1 aliphatic heterocycles. The molecule has 0 aromatic heterocycles. The highest BCUT2D eigenvalue weighted by molar-refractivity contribution is 5.77. The molecule has 0 saturated heterocycles. The Morgan fingerprint density at radius 2 is 1.42 bits per heavy atom. The van der Waals surface area contributed by atoms with Crippen molar-refractivity contribution in [1.82, 2.24) is 0 Å². The van der Waals surface area contributed by atoms with Crippen LogP contribution in [0.3, 0.4) is 0 Å². The fourth-order valence-electron chi connectivity index (χ4n) is 5.79. The predicted molar refractivity (Wildman–Crippen MR) is 181 cm³/mol. The Morgan fingerprint density at radius 1 is 0.667 bits per heavy atom. The number of unbranched alkanes of at least 4 members (excludes halogenated alkanes) is 3. The summed E-state index contributed by atoms with van der Waals surface area (Å²) in [5.41, 5.74) is 4.96. The zero-order valence-corrected chi connectivity index (χ0v) is 26.9. The molecule has 0 radical (unpaired) electrons. The highest BCUT2D eigenvalue weighted by atomic mass is 19.1. The molecule has 1 aliphatic rings. The summed E-state index contributed by atoms with van der Waals surface area (Å²) in [5, 5.41) is 18.2. The fraction of sp³-hybridized carbons (Fsp3) is 0.333. The van der Waals surface area contributed by atoms with Gasteiger partial charge in [-0.15, -0.1) is 0 Å². The number of rotatable bonds is 18. The van der Waals surface area contributed by atoms with Gasteiger partial charge in [-0.3, -0.25) is 9.59 Å². The zero-order chi connectivity index (χ0) is 33.7. The van der Waals surface area contributed by atoms with Crippen molar-refractivity contribution in [1.29, 1.82) is 0 Å². The molecule has 252 valence electrons. The third-order valence-corrected chi connectivity index (χ3v) is 8.19. The summed E-state index contributed by atoms with van der Waals surface area (Å²) in [6.07, 6.45) is 5.19. The second-order valence-electron chi connectivity index (χ2n) is 11.7. The van der Waals surface area contributed by atoms with Gasteiger partial charge >= 0.3 is 11.9 Å². The van der Waals surface area contributed by atoms with Crippen LogP contribution in [0, 0.1) is 5.82 Å². The van der Waals surface area contributed by atoms with E-state index in [1.165, 1.54) is 6.07 Å². The van der Waals surface area contributed by atoms with Crippen molar-refractivity contribution in [3.63, 3.8) is 0 Å². The highest BCUT2D eigenvalue weighted by Gasteiger charge is 2.16. The summed E-state index contributed by atoms with van der Waals surface area (Å²) in [5.74, 6) is 0.619. The van der Waals surface area contributed by atoms with Crippen LogP contribution in [-0.4, -0.2) is 48.6 Å². The van der Waals surface area contributed by atoms with Gasteiger partial charge in [0.25, 0.3) is 0 Å². The number of aliphatic carboxylic acids is 2. The van der Waals surface area contributed by atoms with Gasteiger partial charge in [-0.05, 0) is 102 Å². The summed E-state index contributed by atoms with van der Waals surface area (Å²) in [6.45, 7) is 1.77. The second kappa shape index (κ2) is 17.2. The lowest BCUT2D eigenvalue weighted by molar-refractivity contribution is -0.138. The Labute approximate surface area is 280 Å². The van der Waals surface area contributed by atoms with E-state index in [9.17, 15) is 19.1 Å². The molecule has 0 saturated carbocycles. The highest BCUT2D eigenvalue weighted by Crippen LogP contribution is 2.38. The van der Waals surface area contributed by atoms with Crippen LogP contribution in [0.4, 0.5) is 4.39 Å². The first-order valence-electron chi connectivity index (χ1n) is 16.5. The first-order valence-corrected chi connectivity index (χ1v) is 16.5. The van der Waals surface area contributed by atoms with Gasteiger partial charge in [0.15, 0.2) is 11.5 Å². The number of hydrogen-bond acceptors (Lipinski definition) is 6. The van der Waals surface area contributed by atoms with Gasteiger partial charge in [0, 0.05) is 18.4 Å². The van der Waals surface area contributed by atoms with Crippen LogP contribution in [-0.2, 0) is 22.4 Å². The molecule has 0 fully saturated rings. The maximum absolute atomic E-state index is 14.8. The number of halogens is 1. The molecule has 5 rings (SSSR count). The first kappa shape index (κ1) is 34.3. The Balaban J connectivity index is 1.18. The quantitative estimate of drug-likeness (QED) is 0.103. The Morgan fingerprint density at radius 3 is 2.23 bits per heavy atom. The third kappa shape index (κ3) is 9.73. The molecule has 0 amide bonds. The number of hydrogen-bond donors (Lipinski definition) is 2. The molecule has 4 aromatic carbocycles. The van der Waals surface area contributed by atoms with Crippen LogP contribution in [0.15, 0.2) is 78.9 Å². The number of fused-ring (bicyclic) bond motifs is 1. The van der Waals surface area contributed by atoms with Crippen molar-refractivity contribution in [2.45, 2.75) is 57.8 Å². The standard InChI is InChI=1S/C39H41FO8/c40-34-12-5-4-11-32(34)30-23-29(28-15-17-36-37(26-28)48-22-21-47-36)24-31(25-30)45-19-6-2-1-3-9-27-10-7-13-35(33(27)16-18-39(43)44)46-20-8-14-38(41)42/h4-5,7,10-13,15,17,23-26H,1-3,6,8-9,14,16,18-22H2,(H,41,42)(H,43,44). The van der Waals surface area contributed by atoms with Crippen LogP contribution in [0.25, 0.3) is 22.3 Å².